The minimum Gasteiger partial charge on any atom is -0.508 e. The highest BCUT2D eigenvalue weighted by Crippen LogP contribution is 2.12. The Morgan fingerprint density at radius 2 is 2.19 bits per heavy atom. The van der Waals surface area contributed by atoms with Crippen LogP contribution in [0.3, 0.4) is 0 Å². The number of hydrogen-bond donors (Lipinski definition) is 2. The third kappa shape index (κ3) is 3.49. The fraction of sp³-hybridized carbons (Fsp3) is 0.0833. The third-order valence-electron chi connectivity index (χ3n) is 1.84. The summed E-state index contributed by atoms with van der Waals surface area (Å²) in [6.07, 6.45) is 4.55. The number of methoxy groups -OCH3 is 1. The van der Waals surface area contributed by atoms with Gasteiger partial charge >= 0.3 is 5.97 Å². The fourth-order valence-corrected chi connectivity index (χ4v) is 1.10. The summed E-state index contributed by atoms with van der Waals surface area (Å²) in [7, 11) is 1.29. The van der Waals surface area contributed by atoms with Crippen molar-refractivity contribution in [3.63, 3.8) is 0 Å². The molecule has 2 N–H and O–H groups in total. The molecule has 0 aromatic heterocycles. The quantitative estimate of drug-likeness (QED) is 0.463. The maximum Gasteiger partial charge on any atom is 0.371 e. The predicted octanol–water partition coefficient (Wildman–Crippen LogP) is 2.02. The van der Waals surface area contributed by atoms with E-state index in [1.165, 1.54) is 13.2 Å². The zero-order chi connectivity index (χ0) is 12.0. The van der Waals surface area contributed by atoms with E-state index >= 15 is 0 Å². The van der Waals surface area contributed by atoms with Crippen LogP contribution in [0.1, 0.15) is 5.56 Å². The monoisotopic (exact) mass is 220 g/mol. The van der Waals surface area contributed by atoms with E-state index in [0.29, 0.717) is 0 Å². The maximum absolute atomic E-state index is 10.6. The number of carboxylic acids is 1. The van der Waals surface area contributed by atoms with Crippen LogP contribution in [0.4, 0.5) is 0 Å². The van der Waals surface area contributed by atoms with Gasteiger partial charge in [0.25, 0.3) is 0 Å². The number of carbonyl (C=O) groups is 1. The Hall–Kier alpha value is -2.23. The first-order chi connectivity index (χ1) is 7.63. The Morgan fingerprint density at radius 3 is 2.75 bits per heavy atom. The van der Waals surface area contributed by atoms with E-state index in [2.05, 4.69) is 4.74 Å². The number of allylic oxidation sites excluding steroid dienone is 2. The van der Waals surface area contributed by atoms with Crippen molar-refractivity contribution < 1.29 is 19.7 Å². The van der Waals surface area contributed by atoms with Crippen LogP contribution in [-0.2, 0) is 9.53 Å². The van der Waals surface area contributed by atoms with Crippen molar-refractivity contribution in [2.75, 3.05) is 7.11 Å². The average Bonchev–Trinajstić information content (AvgIpc) is 2.24. The summed E-state index contributed by atoms with van der Waals surface area (Å²) < 4.78 is 4.63. The molecular formula is C12H12O4. The second-order valence-electron chi connectivity index (χ2n) is 2.99. The second kappa shape index (κ2) is 5.60. The molecule has 0 aliphatic rings. The Bertz CT molecular complexity index is 432. The molecule has 0 fully saturated rings. The van der Waals surface area contributed by atoms with E-state index in [-0.39, 0.29) is 11.5 Å². The summed E-state index contributed by atoms with van der Waals surface area (Å²) >= 11 is 0. The van der Waals surface area contributed by atoms with Crippen LogP contribution >= 0.6 is 0 Å². The highest BCUT2D eigenvalue weighted by Gasteiger charge is 2.03. The first kappa shape index (κ1) is 11.8. The predicted molar refractivity (Wildman–Crippen MR) is 59.9 cm³/mol. The van der Waals surface area contributed by atoms with E-state index in [1.54, 1.807) is 36.4 Å². The molecule has 0 heterocycles. The van der Waals surface area contributed by atoms with Crippen LogP contribution in [0.25, 0.3) is 6.08 Å². The molecule has 0 radical (unpaired) electrons. The van der Waals surface area contributed by atoms with Crippen molar-refractivity contribution in [2.45, 2.75) is 0 Å². The topological polar surface area (TPSA) is 66.8 Å². The van der Waals surface area contributed by atoms with Gasteiger partial charge in [-0.2, -0.15) is 0 Å². The van der Waals surface area contributed by atoms with Gasteiger partial charge in [0, 0.05) is 0 Å². The molecule has 0 saturated heterocycles. The number of benzene rings is 1. The molecule has 84 valence electrons. The number of phenolic OH excluding ortho intramolecular Hbond substituents is 1. The van der Waals surface area contributed by atoms with Crippen LogP contribution in [0.2, 0.25) is 0 Å². The number of aliphatic carboxylic acids is 1. The van der Waals surface area contributed by atoms with Crippen molar-refractivity contribution in [3.05, 3.63) is 47.7 Å². The van der Waals surface area contributed by atoms with Crippen LogP contribution < -0.4 is 0 Å². The number of ether oxygens (including phenoxy) is 1. The van der Waals surface area contributed by atoms with Gasteiger partial charge in [-0.15, -0.1) is 0 Å². The Balaban J connectivity index is 2.78. The van der Waals surface area contributed by atoms with Crippen LogP contribution in [0, 0.1) is 0 Å². The minimum atomic E-state index is -1.12. The SMILES string of the molecule is CO/C(=C\C=C\c1cccc(O)c1)C(=O)O. The van der Waals surface area contributed by atoms with Gasteiger partial charge in [-0.25, -0.2) is 4.79 Å². The number of rotatable bonds is 4. The molecule has 0 unspecified atom stereocenters. The van der Waals surface area contributed by atoms with Gasteiger partial charge in [-0.3, -0.25) is 0 Å². The van der Waals surface area contributed by atoms with Gasteiger partial charge in [0.15, 0.2) is 0 Å². The number of carboxylic acid groups (broad SMARTS) is 1. The lowest BCUT2D eigenvalue weighted by Gasteiger charge is -1.97. The van der Waals surface area contributed by atoms with Gasteiger partial charge in [0.2, 0.25) is 5.76 Å². The molecule has 0 amide bonds. The van der Waals surface area contributed by atoms with Gasteiger partial charge in [0.05, 0.1) is 7.11 Å². The normalized spacial score (nSPS) is 11.7. The largest absolute Gasteiger partial charge is 0.508 e. The van der Waals surface area contributed by atoms with E-state index in [1.807, 2.05) is 0 Å². The molecule has 0 bridgehead atoms. The molecular weight excluding hydrogens is 208 g/mol. The van der Waals surface area contributed by atoms with Crippen molar-refractivity contribution >= 4 is 12.0 Å². The Labute approximate surface area is 93.1 Å². The van der Waals surface area contributed by atoms with Gasteiger partial charge in [0.1, 0.15) is 5.75 Å². The number of aromatic hydroxyl groups is 1. The second-order valence-corrected chi connectivity index (χ2v) is 2.99. The van der Waals surface area contributed by atoms with Crippen molar-refractivity contribution in [1.82, 2.24) is 0 Å². The summed E-state index contributed by atoms with van der Waals surface area (Å²) in [5.41, 5.74) is 0.775. The molecule has 16 heavy (non-hydrogen) atoms. The molecule has 4 nitrogen and oxygen atoms in total. The molecule has 0 spiro atoms. The molecule has 0 atom stereocenters. The lowest BCUT2D eigenvalue weighted by Crippen LogP contribution is -2.01. The van der Waals surface area contributed by atoms with Crippen LogP contribution in [0.5, 0.6) is 5.75 Å². The molecule has 1 rings (SSSR count). The fourth-order valence-electron chi connectivity index (χ4n) is 1.10. The van der Waals surface area contributed by atoms with E-state index in [9.17, 15) is 9.90 Å². The molecule has 0 aliphatic carbocycles. The summed E-state index contributed by atoms with van der Waals surface area (Å²) in [5.74, 6) is -1.10. The Kier molecular flexibility index (Phi) is 4.15. The average molecular weight is 220 g/mol. The summed E-state index contributed by atoms with van der Waals surface area (Å²) in [6, 6.07) is 6.62. The summed E-state index contributed by atoms with van der Waals surface area (Å²) in [4.78, 5) is 10.6. The van der Waals surface area contributed by atoms with Crippen molar-refractivity contribution in [3.8, 4) is 5.75 Å². The summed E-state index contributed by atoms with van der Waals surface area (Å²) in [5, 5.41) is 17.8. The highest BCUT2D eigenvalue weighted by molar-refractivity contribution is 5.84. The van der Waals surface area contributed by atoms with Gasteiger partial charge in [-0.1, -0.05) is 24.3 Å². The first-order valence-electron chi connectivity index (χ1n) is 4.58. The molecule has 1 aromatic carbocycles. The van der Waals surface area contributed by atoms with E-state index in [0.717, 1.165) is 5.56 Å². The molecule has 0 aliphatic heterocycles. The number of hydrogen-bond acceptors (Lipinski definition) is 3. The zero-order valence-electron chi connectivity index (χ0n) is 8.75. The van der Waals surface area contributed by atoms with E-state index in [4.69, 9.17) is 5.11 Å². The van der Waals surface area contributed by atoms with Gasteiger partial charge in [-0.05, 0) is 23.8 Å². The van der Waals surface area contributed by atoms with Gasteiger partial charge < -0.3 is 14.9 Å². The summed E-state index contributed by atoms with van der Waals surface area (Å²) in [6.45, 7) is 0. The van der Waals surface area contributed by atoms with Crippen molar-refractivity contribution in [2.24, 2.45) is 0 Å². The first-order valence-corrected chi connectivity index (χ1v) is 4.58. The standard InChI is InChI=1S/C12H12O4/c1-16-11(12(14)15)7-3-5-9-4-2-6-10(13)8-9/h2-8,13H,1H3,(H,14,15)/b5-3+,11-7-. The Morgan fingerprint density at radius 1 is 1.44 bits per heavy atom. The van der Waals surface area contributed by atoms with Crippen molar-refractivity contribution in [1.29, 1.82) is 0 Å². The smallest absolute Gasteiger partial charge is 0.371 e. The maximum atomic E-state index is 10.6. The van der Waals surface area contributed by atoms with Crippen LogP contribution in [-0.4, -0.2) is 23.3 Å². The zero-order valence-corrected chi connectivity index (χ0v) is 8.75. The minimum absolute atomic E-state index is 0.142. The lowest BCUT2D eigenvalue weighted by atomic mass is 10.2. The highest BCUT2D eigenvalue weighted by atomic mass is 16.5. The third-order valence-corrected chi connectivity index (χ3v) is 1.84. The number of phenols is 1. The molecule has 4 heteroatoms. The lowest BCUT2D eigenvalue weighted by molar-refractivity contribution is -0.136. The van der Waals surface area contributed by atoms with Crippen LogP contribution in [0.15, 0.2) is 42.2 Å². The molecule has 1 aromatic rings. The molecule has 0 saturated carbocycles. The van der Waals surface area contributed by atoms with E-state index < -0.39 is 5.97 Å².